The van der Waals surface area contributed by atoms with Gasteiger partial charge in [-0.3, -0.25) is 4.55 Å². The van der Waals surface area contributed by atoms with Crippen LogP contribution in [-0.2, 0) is 24.4 Å². The first-order valence-electron chi connectivity index (χ1n) is 6.77. The van der Waals surface area contributed by atoms with Crippen LogP contribution in [0.3, 0.4) is 0 Å². The second-order valence-corrected chi connectivity index (χ2v) is 6.40. The van der Waals surface area contributed by atoms with Crippen molar-refractivity contribution in [2.24, 2.45) is 5.92 Å². The molecule has 0 saturated heterocycles. The molecule has 1 unspecified atom stereocenters. The van der Waals surface area contributed by atoms with Crippen molar-refractivity contribution in [1.29, 1.82) is 0 Å². The topological polar surface area (TPSA) is 110 Å². The Morgan fingerprint density at radius 3 is 2.71 bits per heavy atom. The normalized spacial score (nSPS) is 20.5. The van der Waals surface area contributed by atoms with Gasteiger partial charge in [-0.1, -0.05) is 18.2 Å². The molecule has 0 aromatic carbocycles. The lowest BCUT2D eigenvalue weighted by Crippen LogP contribution is -2.39. The Balaban J connectivity index is 1.91. The molecule has 0 fully saturated rings. The molecule has 0 bridgehead atoms. The highest BCUT2D eigenvalue weighted by Gasteiger charge is 2.54. The van der Waals surface area contributed by atoms with Gasteiger partial charge in [0.15, 0.2) is 0 Å². The fraction of sp³-hybridized carbons (Fsp3) is 0.357. The number of ether oxygens (including phenoxy) is 2. The van der Waals surface area contributed by atoms with Gasteiger partial charge in [0.2, 0.25) is 0 Å². The summed E-state index contributed by atoms with van der Waals surface area (Å²) in [5, 5.41) is 4.75. The van der Waals surface area contributed by atoms with Crippen molar-refractivity contribution >= 4 is 16.1 Å². The van der Waals surface area contributed by atoms with Gasteiger partial charge in [0.1, 0.15) is 24.7 Å². The van der Waals surface area contributed by atoms with Gasteiger partial charge in [-0.05, 0) is 18.6 Å². The Hall–Kier alpha value is -2.20. The molecule has 2 N–H and O–H groups in total. The van der Waals surface area contributed by atoms with Crippen LogP contribution in [0.15, 0.2) is 47.5 Å². The standard InChI is InChI=1S/C14H14F2O7S/c15-14(16,24(19,20)21)13(18)23-8-7-22-12-6-2-3-9-10(12)4-1-5-11(9)17/h1-2,4-6,9,17H,3,7-8H2,(H,19,20,21). The van der Waals surface area contributed by atoms with Gasteiger partial charge < -0.3 is 14.6 Å². The highest BCUT2D eigenvalue weighted by molar-refractivity contribution is 7.87. The Labute approximate surface area is 136 Å². The van der Waals surface area contributed by atoms with Crippen molar-refractivity contribution in [1.82, 2.24) is 0 Å². The maximum absolute atomic E-state index is 13.0. The van der Waals surface area contributed by atoms with Crippen molar-refractivity contribution in [2.45, 2.75) is 11.7 Å². The lowest BCUT2D eigenvalue weighted by atomic mass is 9.86. The maximum atomic E-state index is 13.0. The summed E-state index contributed by atoms with van der Waals surface area (Å²) in [4.78, 5) is 11.0. The molecule has 0 radical (unpaired) electrons. The smallest absolute Gasteiger partial charge is 0.465 e. The molecule has 10 heteroatoms. The summed E-state index contributed by atoms with van der Waals surface area (Å²) in [7, 11) is -5.89. The number of carbonyl (C=O) groups is 1. The quantitative estimate of drug-likeness (QED) is 0.420. The summed E-state index contributed by atoms with van der Waals surface area (Å²) in [6, 6.07) is 0. The molecule has 0 amide bonds. The van der Waals surface area contributed by atoms with Gasteiger partial charge in [0.25, 0.3) is 0 Å². The predicted octanol–water partition coefficient (Wildman–Crippen LogP) is 1.87. The fourth-order valence-corrected chi connectivity index (χ4v) is 2.43. The number of rotatable bonds is 6. The van der Waals surface area contributed by atoms with E-state index in [2.05, 4.69) is 4.74 Å². The SMILES string of the molecule is O=C(OCCOC1=C2C=CC=C(O)C2CC=C1)C(F)(F)S(=O)(=O)O. The summed E-state index contributed by atoms with van der Waals surface area (Å²) in [5.41, 5.74) is 0.687. The van der Waals surface area contributed by atoms with Gasteiger partial charge in [0, 0.05) is 11.5 Å². The van der Waals surface area contributed by atoms with Crippen LogP contribution in [0.4, 0.5) is 8.78 Å². The number of esters is 1. The summed E-state index contributed by atoms with van der Waals surface area (Å²) in [6.45, 7) is -0.966. The van der Waals surface area contributed by atoms with Gasteiger partial charge in [-0.15, -0.1) is 0 Å². The zero-order valence-electron chi connectivity index (χ0n) is 12.2. The predicted molar refractivity (Wildman–Crippen MR) is 77.5 cm³/mol. The zero-order chi connectivity index (χ0) is 18.0. The number of fused-ring (bicyclic) bond motifs is 1. The number of carbonyl (C=O) groups excluding carboxylic acids is 1. The van der Waals surface area contributed by atoms with E-state index in [9.17, 15) is 27.1 Å². The van der Waals surface area contributed by atoms with E-state index in [-0.39, 0.29) is 18.3 Å². The molecule has 0 heterocycles. The first kappa shape index (κ1) is 18.1. The molecule has 2 rings (SSSR count). The fourth-order valence-electron chi connectivity index (χ4n) is 2.16. The van der Waals surface area contributed by atoms with E-state index in [0.717, 1.165) is 0 Å². The number of allylic oxidation sites excluding steroid dienone is 6. The van der Waals surface area contributed by atoms with Crippen LogP contribution in [0, 0.1) is 5.92 Å². The lowest BCUT2D eigenvalue weighted by Gasteiger charge is -2.24. The van der Waals surface area contributed by atoms with E-state index in [4.69, 9.17) is 9.29 Å². The van der Waals surface area contributed by atoms with Crippen LogP contribution in [0.5, 0.6) is 0 Å². The molecular formula is C14H14F2O7S. The van der Waals surface area contributed by atoms with E-state index < -0.39 is 27.9 Å². The van der Waals surface area contributed by atoms with Crippen molar-refractivity contribution in [3.8, 4) is 0 Å². The Bertz CT molecular complexity index is 747. The number of alkyl halides is 2. The molecule has 24 heavy (non-hydrogen) atoms. The summed E-state index contributed by atoms with van der Waals surface area (Å²) < 4.78 is 64.4. The van der Waals surface area contributed by atoms with E-state index in [1.54, 1.807) is 30.4 Å². The summed E-state index contributed by atoms with van der Waals surface area (Å²) in [5.74, 6) is -2.11. The van der Waals surface area contributed by atoms with Crippen LogP contribution in [0.25, 0.3) is 0 Å². The van der Waals surface area contributed by atoms with Crippen LogP contribution in [-0.4, -0.2) is 42.5 Å². The van der Waals surface area contributed by atoms with Crippen LogP contribution in [0.2, 0.25) is 0 Å². The second-order valence-electron chi connectivity index (χ2n) is 4.94. The number of hydrogen-bond acceptors (Lipinski definition) is 6. The Kier molecular flexibility index (Phi) is 5.09. The molecule has 0 saturated carbocycles. The zero-order valence-corrected chi connectivity index (χ0v) is 13.0. The van der Waals surface area contributed by atoms with Crippen LogP contribution in [0.1, 0.15) is 6.42 Å². The number of aliphatic hydroxyl groups is 1. The maximum Gasteiger partial charge on any atom is 0.465 e. The number of aliphatic hydroxyl groups excluding tert-OH is 1. The molecule has 1 atom stereocenters. The number of hydrogen-bond donors (Lipinski definition) is 2. The Morgan fingerprint density at radius 1 is 1.33 bits per heavy atom. The third-order valence-corrected chi connectivity index (χ3v) is 4.15. The van der Waals surface area contributed by atoms with Crippen LogP contribution >= 0.6 is 0 Å². The van der Waals surface area contributed by atoms with E-state index in [0.29, 0.717) is 17.8 Å². The van der Waals surface area contributed by atoms with Crippen LogP contribution < -0.4 is 0 Å². The van der Waals surface area contributed by atoms with E-state index in [1.165, 1.54) is 0 Å². The van der Waals surface area contributed by atoms with Crippen molar-refractivity contribution in [2.75, 3.05) is 13.2 Å². The van der Waals surface area contributed by atoms with Gasteiger partial charge in [-0.2, -0.15) is 17.2 Å². The molecule has 2 aliphatic rings. The first-order chi connectivity index (χ1) is 11.1. The summed E-state index contributed by atoms with van der Waals surface area (Å²) in [6.07, 6.45) is 8.85. The van der Waals surface area contributed by atoms with Crippen molar-refractivity contribution in [3.05, 3.63) is 47.5 Å². The third-order valence-electron chi connectivity index (χ3n) is 3.34. The number of halogens is 2. The van der Waals surface area contributed by atoms with Crippen molar-refractivity contribution in [3.63, 3.8) is 0 Å². The monoisotopic (exact) mass is 364 g/mol. The Morgan fingerprint density at radius 2 is 2.04 bits per heavy atom. The molecule has 0 spiro atoms. The average Bonchev–Trinajstić information content (AvgIpc) is 2.51. The summed E-state index contributed by atoms with van der Waals surface area (Å²) >= 11 is 0. The molecular weight excluding hydrogens is 350 g/mol. The van der Waals surface area contributed by atoms with Crippen molar-refractivity contribution < 1.29 is 41.1 Å². The molecule has 0 aromatic heterocycles. The van der Waals surface area contributed by atoms with E-state index in [1.807, 2.05) is 0 Å². The minimum atomic E-state index is -5.89. The average molecular weight is 364 g/mol. The van der Waals surface area contributed by atoms with Gasteiger partial charge in [-0.25, -0.2) is 4.79 Å². The molecule has 2 aliphatic carbocycles. The molecule has 0 aliphatic heterocycles. The van der Waals surface area contributed by atoms with Gasteiger partial charge in [0.05, 0.1) is 0 Å². The largest absolute Gasteiger partial charge is 0.512 e. The highest BCUT2D eigenvalue weighted by Crippen LogP contribution is 2.34. The molecule has 132 valence electrons. The first-order valence-corrected chi connectivity index (χ1v) is 8.21. The highest BCUT2D eigenvalue weighted by atomic mass is 32.2. The lowest BCUT2D eigenvalue weighted by molar-refractivity contribution is -0.162. The molecule has 0 aromatic rings. The van der Waals surface area contributed by atoms with E-state index >= 15 is 0 Å². The minimum Gasteiger partial charge on any atom is -0.512 e. The molecule has 7 nitrogen and oxygen atoms in total. The van der Waals surface area contributed by atoms with Gasteiger partial charge >= 0.3 is 21.3 Å². The third kappa shape index (κ3) is 3.65. The minimum absolute atomic E-state index is 0.164. The second kappa shape index (κ2) is 6.73.